The van der Waals surface area contributed by atoms with E-state index in [0.29, 0.717) is 43.3 Å². The molecule has 8 heteroatoms. The van der Waals surface area contributed by atoms with Crippen molar-refractivity contribution in [3.8, 4) is 0 Å². The fraction of sp³-hybridized carbons (Fsp3) is 0.565. The molecule has 3 rings (SSSR count). The molecule has 0 saturated heterocycles. The predicted molar refractivity (Wildman–Crippen MR) is 123 cm³/mol. The molecule has 1 aliphatic heterocycles. The molecular weight excluding hydrogens is 412 g/mol. The number of aromatic nitrogens is 2. The van der Waals surface area contributed by atoms with Crippen LogP contribution in [0.15, 0.2) is 23.1 Å². The van der Waals surface area contributed by atoms with Gasteiger partial charge in [-0.1, -0.05) is 27.7 Å². The molecule has 7 nitrogen and oxygen atoms in total. The molecule has 0 bridgehead atoms. The molecule has 1 aromatic carbocycles. The van der Waals surface area contributed by atoms with Crippen molar-refractivity contribution in [3.05, 3.63) is 40.7 Å². The smallest absolute Gasteiger partial charge is 0.243 e. The number of hydrogen-bond donors (Lipinski definition) is 0. The molecule has 0 spiro atoms. The molecule has 1 aliphatic rings. The minimum Gasteiger partial charge on any atom is -0.312 e. The average Bonchev–Trinajstić information content (AvgIpc) is 3.24. The van der Waals surface area contributed by atoms with Crippen LogP contribution in [0.1, 0.15) is 50.2 Å². The van der Waals surface area contributed by atoms with Gasteiger partial charge in [0.2, 0.25) is 15.9 Å². The van der Waals surface area contributed by atoms with E-state index < -0.39 is 10.0 Å². The van der Waals surface area contributed by atoms with E-state index in [4.69, 9.17) is 0 Å². The van der Waals surface area contributed by atoms with Crippen LogP contribution >= 0.6 is 0 Å². The first-order chi connectivity index (χ1) is 14.6. The lowest BCUT2D eigenvalue weighted by Gasteiger charge is -2.20. The van der Waals surface area contributed by atoms with Crippen molar-refractivity contribution in [1.29, 1.82) is 0 Å². The number of anilines is 1. The summed E-state index contributed by atoms with van der Waals surface area (Å²) in [6, 6.07) is 5.13. The summed E-state index contributed by atoms with van der Waals surface area (Å²) >= 11 is 0. The Morgan fingerprint density at radius 2 is 1.87 bits per heavy atom. The summed E-state index contributed by atoms with van der Waals surface area (Å²) in [4.78, 5) is 15.2. The highest BCUT2D eigenvalue weighted by atomic mass is 32.2. The van der Waals surface area contributed by atoms with Crippen LogP contribution in [0.2, 0.25) is 0 Å². The van der Waals surface area contributed by atoms with Crippen LogP contribution in [0.25, 0.3) is 0 Å². The van der Waals surface area contributed by atoms with Crippen LogP contribution in [0.5, 0.6) is 0 Å². The highest BCUT2D eigenvalue weighted by Gasteiger charge is 2.29. The Hall–Kier alpha value is -2.19. The maximum atomic E-state index is 13.2. The molecule has 0 radical (unpaired) electrons. The van der Waals surface area contributed by atoms with Gasteiger partial charge in [0.05, 0.1) is 17.0 Å². The first-order valence-corrected chi connectivity index (χ1v) is 12.5. The molecule has 0 atom stereocenters. The standard InChI is InChI=1S/C23H34N4O3S/c1-7-25(8-2)31(29,30)20-9-10-22-19(13-20)11-12-26(22)23(28)14-21-17(5)24-27(18(21)6)15-16(3)4/h9-10,13,16H,7-8,11-12,14-15H2,1-6H3. The molecule has 2 aromatic rings. The summed E-state index contributed by atoms with van der Waals surface area (Å²) in [6.07, 6.45) is 0.960. The Morgan fingerprint density at radius 3 is 2.48 bits per heavy atom. The first kappa shape index (κ1) is 23.5. The third kappa shape index (κ3) is 4.55. The third-order valence-corrected chi connectivity index (χ3v) is 8.03. The van der Waals surface area contributed by atoms with Crippen LogP contribution in [-0.4, -0.2) is 48.0 Å². The number of nitrogens with zero attached hydrogens (tertiary/aromatic N) is 4. The number of carbonyl (C=O) groups excluding carboxylic acids is 1. The van der Waals surface area contributed by atoms with Gasteiger partial charge in [-0.25, -0.2) is 8.42 Å². The summed E-state index contributed by atoms with van der Waals surface area (Å²) in [5.41, 5.74) is 4.64. The van der Waals surface area contributed by atoms with Gasteiger partial charge >= 0.3 is 0 Å². The Balaban J connectivity index is 1.83. The third-order valence-electron chi connectivity index (χ3n) is 5.99. The molecule has 0 saturated carbocycles. The molecule has 0 unspecified atom stereocenters. The zero-order valence-corrected chi connectivity index (χ0v) is 20.3. The maximum Gasteiger partial charge on any atom is 0.243 e. The number of hydrogen-bond acceptors (Lipinski definition) is 4. The molecule has 0 fully saturated rings. The van der Waals surface area contributed by atoms with Gasteiger partial charge in [-0.15, -0.1) is 0 Å². The van der Waals surface area contributed by atoms with E-state index in [0.717, 1.165) is 34.7 Å². The molecule has 0 N–H and O–H groups in total. The van der Waals surface area contributed by atoms with Crippen molar-refractivity contribution >= 4 is 21.6 Å². The minimum atomic E-state index is -3.51. The monoisotopic (exact) mass is 446 g/mol. The van der Waals surface area contributed by atoms with Crippen LogP contribution in [0.3, 0.4) is 0 Å². The fourth-order valence-corrected chi connectivity index (χ4v) is 5.78. The zero-order valence-electron chi connectivity index (χ0n) is 19.5. The van der Waals surface area contributed by atoms with Crippen molar-refractivity contribution in [2.75, 3.05) is 24.5 Å². The number of rotatable bonds is 8. The number of amides is 1. The van der Waals surface area contributed by atoms with Gasteiger partial charge in [0.25, 0.3) is 0 Å². The molecule has 2 heterocycles. The highest BCUT2D eigenvalue weighted by molar-refractivity contribution is 7.89. The van der Waals surface area contributed by atoms with Crippen molar-refractivity contribution in [1.82, 2.24) is 14.1 Å². The summed E-state index contributed by atoms with van der Waals surface area (Å²) in [6.45, 7) is 14.2. The summed E-state index contributed by atoms with van der Waals surface area (Å²) in [5, 5.41) is 4.62. The number of sulfonamides is 1. The Bertz CT molecular complexity index is 1070. The van der Waals surface area contributed by atoms with Crippen LogP contribution in [0.4, 0.5) is 5.69 Å². The summed E-state index contributed by atoms with van der Waals surface area (Å²) in [5.74, 6) is 0.502. The van der Waals surface area contributed by atoms with Gasteiger partial charge in [-0.05, 0) is 49.9 Å². The second-order valence-electron chi connectivity index (χ2n) is 8.58. The Labute approximate surface area is 186 Å². The number of fused-ring (bicyclic) bond motifs is 1. The molecule has 31 heavy (non-hydrogen) atoms. The lowest BCUT2D eigenvalue weighted by molar-refractivity contribution is -0.117. The minimum absolute atomic E-state index is 0.0217. The van der Waals surface area contributed by atoms with Crippen LogP contribution < -0.4 is 4.90 Å². The van der Waals surface area contributed by atoms with Crippen LogP contribution in [-0.2, 0) is 34.2 Å². The molecule has 170 valence electrons. The lowest BCUT2D eigenvalue weighted by Crippen LogP contribution is -2.31. The SMILES string of the molecule is CCN(CC)S(=O)(=O)c1ccc2c(c1)CCN2C(=O)Cc1c(C)nn(CC(C)C)c1C. The number of aryl methyl sites for hydroxylation is 1. The lowest BCUT2D eigenvalue weighted by atomic mass is 10.1. The fourth-order valence-electron chi connectivity index (χ4n) is 4.27. The Morgan fingerprint density at radius 1 is 1.19 bits per heavy atom. The van der Waals surface area contributed by atoms with Crippen molar-refractivity contribution in [3.63, 3.8) is 0 Å². The van der Waals surface area contributed by atoms with Crippen molar-refractivity contribution in [2.45, 2.75) is 65.8 Å². The van der Waals surface area contributed by atoms with E-state index in [1.807, 2.05) is 32.4 Å². The normalized spacial score (nSPS) is 14.0. The highest BCUT2D eigenvalue weighted by Crippen LogP contribution is 2.32. The van der Waals surface area contributed by atoms with E-state index in [2.05, 4.69) is 18.9 Å². The summed E-state index contributed by atoms with van der Waals surface area (Å²) < 4.78 is 29.1. The van der Waals surface area contributed by atoms with E-state index in [1.54, 1.807) is 23.1 Å². The first-order valence-electron chi connectivity index (χ1n) is 11.1. The van der Waals surface area contributed by atoms with Gasteiger partial charge in [0, 0.05) is 43.1 Å². The van der Waals surface area contributed by atoms with Gasteiger partial charge in [0.15, 0.2) is 0 Å². The quantitative estimate of drug-likeness (QED) is 0.623. The predicted octanol–water partition coefficient (Wildman–Crippen LogP) is 3.32. The maximum absolute atomic E-state index is 13.2. The molecular formula is C23H34N4O3S. The Kier molecular flexibility index (Phi) is 6.91. The van der Waals surface area contributed by atoms with E-state index in [-0.39, 0.29) is 5.91 Å². The topological polar surface area (TPSA) is 75.5 Å². The molecule has 0 aliphatic carbocycles. The van der Waals surface area contributed by atoms with E-state index >= 15 is 0 Å². The van der Waals surface area contributed by atoms with Crippen molar-refractivity contribution in [2.24, 2.45) is 5.92 Å². The van der Waals surface area contributed by atoms with Crippen LogP contribution in [0, 0.1) is 19.8 Å². The van der Waals surface area contributed by atoms with Gasteiger partial charge < -0.3 is 4.90 Å². The average molecular weight is 447 g/mol. The van der Waals surface area contributed by atoms with E-state index in [1.165, 1.54) is 4.31 Å². The van der Waals surface area contributed by atoms with Gasteiger partial charge in [0.1, 0.15) is 0 Å². The van der Waals surface area contributed by atoms with Gasteiger partial charge in [-0.2, -0.15) is 9.40 Å². The van der Waals surface area contributed by atoms with E-state index in [9.17, 15) is 13.2 Å². The van der Waals surface area contributed by atoms with Crippen molar-refractivity contribution < 1.29 is 13.2 Å². The summed E-state index contributed by atoms with van der Waals surface area (Å²) in [7, 11) is -3.51. The number of carbonyl (C=O) groups is 1. The second-order valence-corrected chi connectivity index (χ2v) is 10.5. The largest absolute Gasteiger partial charge is 0.312 e. The zero-order chi connectivity index (χ0) is 22.9. The second kappa shape index (κ2) is 9.12. The molecule has 1 amide bonds. The number of benzene rings is 1. The van der Waals surface area contributed by atoms with Gasteiger partial charge in [-0.3, -0.25) is 9.48 Å². The molecule has 1 aromatic heterocycles.